The van der Waals surface area contributed by atoms with Crippen molar-refractivity contribution >= 4 is 23.7 Å². The predicted octanol–water partition coefficient (Wildman–Crippen LogP) is 3.74. The molecule has 4 N–H and O–H groups in total. The molecule has 0 bridgehead atoms. The second-order valence-electron chi connectivity index (χ2n) is 7.77. The zero-order chi connectivity index (χ0) is 22.8. The van der Waals surface area contributed by atoms with Crippen molar-refractivity contribution < 1.29 is 14.1 Å². The van der Waals surface area contributed by atoms with Crippen molar-refractivity contribution in [1.82, 2.24) is 0 Å². The fourth-order valence-corrected chi connectivity index (χ4v) is 3.85. The van der Waals surface area contributed by atoms with Crippen LogP contribution in [0.3, 0.4) is 0 Å². The van der Waals surface area contributed by atoms with Crippen LogP contribution >= 0.6 is 0 Å². The Kier molecular flexibility index (Phi) is 5.18. The lowest BCUT2D eigenvalue weighted by atomic mass is 10.1. The SMILES string of the molecule is NC(=O)c1ccc(C2=C3C=NC=C[N+]3(N)C(c3cccc(OCc4ccccc4)c3)=N2)cc1. The molecule has 0 saturated heterocycles. The molecule has 2 aliphatic rings. The fraction of sp³-hybridized carbons (Fsp3) is 0.0385. The second-order valence-corrected chi connectivity index (χ2v) is 7.77. The smallest absolute Gasteiger partial charge is 0.265 e. The van der Waals surface area contributed by atoms with Crippen LogP contribution in [-0.2, 0) is 6.61 Å². The molecule has 1 atom stereocenters. The lowest BCUT2D eigenvalue weighted by molar-refractivity contribution is -0.749. The number of primary amides is 1. The molecule has 0 saturated carbocycles. The number of amides is 1. The zero-order valence-corrected chi connectivity index (χ0v) is 17.8. The van der Waals surface area contributed by atoms with E-state index in [1.807, 2.05) is 66.7 Å². The largest absolute Gasteiger partial charge is 0.489 e. The van der Waals surface area contributed by atoms with E-state index in [-0.39, 0.29) is 4.59 Å². The number of rotatable bonds is 6. The number of amidine groups is 1. The molecule has 7 heteroatoms. The van der Waals surface area contributed by atoms with Crippen molar-refractivity contribution in [2.45, 2.75) is 6.61 Å². The maximum atomic E-state index is 11.4. The maximum absolute atomic E-state index is 11.4. The van der Waals surface area contributed by atoms with Crippen LogP contribution in [0.1, 0.15) is 27.0 Å². The average molecular weight is 436 g/mol. The number of ether oxygens (including phenoxy) is 1. The Bertz CT molecular complexity index is 1340. The molecule has 0 radical (unpaired) electrons. The van der Waals surface area contributed by atoms with Gasteiger partial charge in [-0.2, -0.15) is 10.8 Å². The highest BCUT2D eigenvalue weighted by atomic mass is 16.5. The van der Waals surface area contributed by atoms with Crippen molar-refractivity contribution in [3.63, 3.8) is 0 Å². The molecule has 0 spiro atoms. The van der Waals surface area contributed by atoms with Gasteiger partial charge in [-0.1, -0.05) is 48.5 Å². The first-order chi connectivity index (χ1) is 16.0. The first-order valence-electron chi connectivity index (χ1n) is 10.4. The molecule has 1 unspecified atom stereocenters. The van der Waals surface area contributed by atoms with Gasteiger partial charge in [0.2, 0.25) is 11.6 Å². The van der Waals surface area contributed by atoms with E-state index < -0.39 is 5.91 Å². The molecule has 0 aliphatic carbocycles. The summed E-state index contributed by atoms with van der Waals surface area (Å²) in [4.78, 5) is 20.6. The van der Waals surface area contributed by atoms with Gasteiger partial charge in [0.25, 0.3) is 5.84 Å². The molecule has 162 valence electrons. The maximum Gasteiger partial charge on any atom is 0.265 e. The Morgan fingerprint density at radius 2 is 1.73 bits per heavy atom. The zero-order valence-electron chi connectivity index (χ0n) is 17.8. The van der Waals surface area contributed by atoms with Crippen LogP contribution in [0, 0.1) is 0 Å². The highest BCUT2D eigenvalue weighted by Gasteiger charge is 2.44. The van der Waals surface area contributed by atoms with Crippen molar-refractivity contribution in [3.05, 3.63) is 119 Å². The van der Waals surface area contributed by atoms with Crippen LogP contribution in [-0.4, -0.2) is 22.5 Å². The molecular formula is C26H22N5O2+. The van der Waals surface area contributed by atoms with Crippen molar-refractivity contribution in [1.29, 1.82) is 0 Å². The van der Waals surface area contributed by atoms with E-state index >= 15 is 0 Å². The van der Waals surface area contributed by atoms with E-state index in [9.17, 15) is 4.79 Å². The van der Waals surface area contributed by atoms with Gasteiger partial charge in [-0.25, -0.2) is 0 Å². The molecule has 2 heterocycles. The Morgan fingerprint density at radius 1 is 0.939 bits per heavy atom. The first-order valence-corrected chi connectivity index (χ1v) is 10.4. The monoisotopic (exact) mass is 436 g/mol. The number of allylic oxidation sites excluding steroid dienone is 1. The minimum absolute atomic E-state index is 0.113. The Labute approximate surface area is 191 Å². The van der Waals surface area contributed by atoms with Crippen molar-refractivity contribution in [3.8, 4) is 5.75 Å². The van der Waals surface area contributed by atoms with Crippen LogP contribution in [0.4, 0.5) is 0 Å². The van der Waals surface area contributed by atoms with Crippen LogP contribution in [0.15, 0.2) is 107 Å². The molecule has 3 aromatic rings. The third-order valence-corrected chi connectivity index (χ3v) is 5.58. The molecule has 2 aliphatic heterocycles. The number of carbonyl (C=O) groups is 1. The minimum Gasteiger partial charge on any atom is -0.489 e. The van der Waals surface area contributed by atoms with E-state index in [0.29, 0.717) is 23.7 Å². The van der Waals surface area contributed by atoms with Crippen LogP contribution < -0.4 is 16.3 Å². The van der Waals surface area contributed by atoms with E-state index in [2.05, 4.69) is 4.99 Å². The van der Waals surface area contributed by atoms with Gasteiger partial charge >= 0.3 is 0 Å². The van der Waals surface area contributed by atoms with Gasteiger partial charge in [-0.05, 0) is 35.9 Å². The van der Waals surface area contributed by atoms with Gasteiger partial charge < -0.3 is 10.5 Å². The Hall–Kier alpha value is -4.33. The summed E-state index contributed by atoms with van der Waals surface area (Å²) in [5, 5.41) is 0. The van der Waals surface area contributed by atoms with Gasteiger partial charge in [0.1, 0.15) is 24.3 Å². The lowest BCUT2D eigenvalue weighted by Gasteiger charge is -2.26. The van der Waals surface area contributed by atoms with E-state index in [1.54, 1.807) is 30.7 Å². The quantitative estimate of drug-likeness (QED) is 0.454. The Morgan fingerprint density at radius 3 is 2.48 bits per heavy atom. The third kappa shape index (κ3) is 3.87. The van der Waals surface area contributed by atoms with E-state index in [1.165, 1.54) is 0 Å². The number of hydrogen-bond donors (Lipinski definition) is 2. The summed E-state index contributed by atoms with van der Waals surface area (Å²) in [5.41, 5.74) is 9.96. The molecule has 33 heavy (non-hydrogen) atoms. The van der Waals surface area contributed by atoms with E-state index in [4.69, 9.17) is 21.3 Å². The number of fused-ring (bicyclic) bond motifs is 1. The number of nitrogens with zero attached hydrogens (tertiary/aromatic N) is 3. The number of nitrogens with two attached hydrogens (primary N) is 2. The number of quaternary nitrogens is 1. The summed E-state index contributed by atoms with van der Waals surface area (Å²) < 4.78 is 5.89. The van der Waals surface area contributed by atoms with Gasteiger partial charge in [-0.3, -0.25) is 9.79 Å². The number of hydrogen-bond acceptors (Lipinski definition) is 5. The summed E-state index contributed by atoms with van der Waals surface area (Å²) in [7, 11) is 0. The van der Waals surface area contributed by atoms with Crippen LogP contribution in [0.2, 0.25) is 0 Å². The average Bonchev–Trinajstić information content (AvgIpc) is 3.16. The first kappa shape index (κ1) is 20.6. The van der Waals surface area contributed by atoms with Crippen molar-refractivity contribution in [2.75, 3.05) is 0 Å². The summed E-state index contributed by atoms with van der Waals surface area (Å²) >= 11 is 0. The lowest BCUT2D eigenvalue weighted by Crippen LogP contribution is -2.53. The fourth-order valence-electron chi connectivity index (χ4n) is 3.85. The van der Waals surface area contributed by atoms with Crippen LogP contribution in [0.25, 0.3) is 5.70 Å². The molecule has 7 nitrogen and oxygen atoms in total. The van der Waals surface area contributed by atoms with Gasteiger partial charge in [0.15, 0.2) is 0 Å². The number of aliphatic imine (C=N–C) groups is 2. The highest BCUT2D eigenvalue weighted by Crippen LogP contribution is 2.36. The molecule has 5 rings (SSSR count). The molecule has 0 aromatic heterocycles. The van der Waals surface area contributed by atoms with Gasteiger partial charge in [-0.15, -0.1) is 4.59 Å². The normalized spacial score (nSPS) is 18.8. The van der Waals surface area contributed by atoms with E-state index in [0.717, 1.165) is 28.1 Å². The summed E-state index contributed by atoms with van der Waals surface area (Å²) in [5.74, 6) is 7.71. The summed E-state index contributed by atoms with van der Waals surface area (Å²) in [6.45, 7) is 0.465. The topological polar surface area (TPSA) is 103 Å². The Balaban J connectivity index is 1.49. The third-order valence-electron chi connectivity index (χ3n) is 5.58. The summed E-state index contributed by atoms with van der Waals surface area (Å²) in [6.07, 6.45) is 5.16. The summed E-state index contributed by atoms with van der Waals surface area (Å²) in [6, 6.07) is 24.7. The van der Waals surface area contributed by atoms with Gasteiger partial charge in [0.05, 0.1) is 18.0 Å². The van der Waals surface area contributed by atoms with Crippen LogP contribution in [0.5, 0.6) is 5.75 Å². The highest BCUT2D eigenvalue weighted by molar-refractivity contribution is 6.07. The molecule has 0 fully saturated rings. The number of benzene rings is 3. The minimum atomic E-state index is -0.478. The molecule has 3 aromatic carbocycles. The van der Waals surface area contributed by atoms with Crippen molar-refractivity contribution in [2.24, 2.45) is 21.6 Å². The number of carbonyl (C=O) groups excluding carboxylic acids is 1. The molecular weight excluding hydrogens is 414 g/mol. The van der Waals surface area contributed by atoms with Gasteiger partial charge in [0, 0.05) is 11.1 Å². The second kappa shape index (κ2) is 8.31. The molecule has 1 amide bonds. The predicted molar refractivity (Wildman–Crippen MR) is 128 cm³/mol. The standard InChI is InChI=1S/C26H21N5O2/c27-25(32)20-11-9-19(10-12-20)24-23-16-29-13-14-31(23,28)26(30-24)21-7-4-8-22(15-21)33-17-18-5-2-1-3-6-18/h1-16H,17,28H2,(H-,27,32)/p+1.